The molecule has 0 N–H and O–H groups in total. The molecule has 23 heavy (non-hydrogen) atoms. The van der Waals surface area contributed by atoms with Gasteiger partial charge in [-0.25, -0.2) is 0 Å². The lowest BCUT2D eigenvalue weighted by molar-refractivity contribution is -0.131. The van der Waals surface area contributed by atoms with Crippen molar-refractivity contribution in [1.82, 2.24) is 4.90 Å². The minimum atomic E-state index is 0.0266. The third-order valence-corrected chi connectivity index (χ3v) is 5.40. The Balaban J connectivity index is 2.11. The predicted octanol–water partition coefficient (Wildman–Crippen LogP) is 4.25. The summed E-state index contributed by atoms with van der Waals surface area (Å²) < 4.78 is 10.9. The molecule has 1 aliphatic rings. The molecule has 1 atom stereocenters. The molecular formula is C18H27NO3S. The maximum absolute atomic E-state index is 12.6. The van der Waals surface area contributed by atoms with Crippen molar-refractivity contribution in [2.45, 2.75) is 44.4 Å². The fourth-order valence-electron chi connectivity index (χ4n) is 2.94. The lowest BCUT2D eigenvalue weighted by atomic mass is 10.1. The van der Waals surface area contributed by atoms with E-state index < -0.39 is 0 Å². The lowest BCUT2D eigenvalue weighted by Crippen LogP contribution is -2.30. The molecule has 1 aromatic carbocycles. The molecule has 1 fully saturated rings. The van der Waals surface area contributed by atoms with Gasteiger partial charge in [0.25, 0.3) is 0 Å². The summed E-state index contributed by atoms with van der Waals surface area (Å²) in [7, 11) is 3.29. The summed E-state index contributed by atoms with van der Waals surface area (Å²) in [6, 6.07) is 5.88. The fraction of sp³-hybridized carbons (Fsp3) is 0.611. The summed E-state index contributed by atoms with van der Waals surface area (Å²) in [6.45, 7) is 2.99. The van der Waals surface area contributed by atoms with E-state index >= 15 is 0 Å². The highest BCUT2D eigenvalue weighted by Gasteiger charge is 2.32. The molecule has 4 nitrogen and oxygen atoms in total. The molecular weight excluding hydrogens is 310 g/mol. The van der Waals surface area contributed by atoms with Gasteiger partial charge in [-0.1, -0.05) is 38.3 Å². The molecule has 1 aromatic rings. The lowest BCUT2D eigenvalue weighted by Gasteiger charge is -2.26. The van der Waals surface area contributed by atoms with Crippen LogP contribution in [0, 0.1) is 0 Å². The highest BCUT2D eigenvalue weighted by Crippen LogP contribution is 2.45. The van der Waals surface area contributed by atoms with Gasteiger partial charge in [0.1, 0.15) is 5.37 Å². The van der Waals surface area contributed by atoms with E-state index in [1.807, 2.05) is 23.1 Å². The van der Waals surface area contributed by atoms with E-state index in [1.54, 1.807) is 26.0 Å². The van der Waals surface area contributed by atoms with Gasteiger partial charge in [-0.2, -0.15) is 0 Å². The van der Waals surface area contributed by atoms with Gasteiger partial charge in [-0.3, -0.25) is 4.79 Å². The number of nitrogens with zero attached hydrogens (tertiary/aromatic N) is 1. The Bertz CT molecular complexity index is 521. The second-order valence-electron chi connectivity index (χ2n) is 5.70. The third-order valence-electron chi connectivity index (χ3n) is 4.15. The first kappa shape index (κ1) is 18.0. The number of unbranched alkanes of at least 4 members (excludes halogenated alkanes) is 3. The van der Waals surface area contributed by atoms with Gasteiger partial charge >= 0.3 is 0 Å². The fourth-order valence-corrected chi connectivity index (χ4v) is 4.23. The van der Waals surface area contributed by atoms with Crippen molar-refractivity contribution in [3.05, 3.63) is 23.8 Å². The SMILES string of the molecule is CCCCCCC(=O)N1CCSC1c1cccc(OC)c1OC. The Morgan fingerprint density at radius 2 is 2.09 bits per heavy atom. The Morgan fingerprint density at radius 3 is 2.78 bits per heavy atom. The molecule has 0 saturated carbocycles. The van der Waals surface area contributed by atoms with Crippen LogP contribution in [0.5, 0.6) is 11.5 Å². The van der Waals surface area contributed by atoms with Crippen LogP contribution in [0.1, 0.15) is 50.0 Å². The van der Waals surface area contributed by atoms with E-state index in [4.69, 9.17) is 9.47 Å². The molecule has 0 radical (unpaired) electrons. The summed E-state index contributed by atoms with van der Waals surface area (Å²) >= 11 is 1.79. The van der Waals surface area contributed by atoms with Crippen molar-refractivity contribution in [3.8, 4) is 11.5 Å². The molecule has 0 aromatic heterocycles. The van der Waals surface area contributed by atoms with Gasteiger partial charge < -0.3 is 14.4 Å². The van der Waals surface area contributed by atoms with Gasteiger partial charge in [-0.15, -0.1) is 11.8 Å². The maximum Gasteiger partial charge on any atom is 0.223 e. The van der Waals surface area contributed by atoms with Crippen LogP contribution < -0.4 is 9.47 Å². The Hall–Kier alpha value is -1.36. The quantitative estimate of drug-likeness (QED) is 0.665. The maximum atomic E-state index is 12.6. The van der Waals surface area contributed by atoms with Crippen LogP contribution in [0.4, 0.5) is 0 Å². The van der Waals surface area contributed by atoms with Crippen LogP contribution in [0.25, 0.3) is 0 Å². The van der Waals surface area contributed by atoms with Crippen LogP contribution in [0.15, 0.2) is 18.2 Å². The second kappa shape index (κ2) is 9.06. The summed E-state index contributed by atoms with van der Waals surface area (Å²) in [5, 5.41) is 0.0266. The molecule has 0 spiro atoms. The number of methoxy groups -OCH3 is 2. The summed E-state index contributed by atoms with van der Waals surface area (Å²) in [5.41, 5.74) is 1.02. The molecule has 1 aliphatic heterocycles. The first-order valence-corrected chi connectivity index (χ1v) is 9.39. The van der Waals surface area contributed by atoms with E-state index in [1.165, 1.54) is 12.8 Å². The van der Waals surface area contributed by atoms with Gasteiger partial charge in [-0.05, 0) is 12.5 Å². The minimum absolute atomic E-state index is 0.0266. The van der Waals surface area contributed by atoms with Crippen LogP contribution in [0.2, 0.25) is 0 Å². The number of carbonyl (C=O) groups excluding carboxylic acids is 1. The number of rotatable bonds is 8. The van der Waals surface area contributed by atoms with Gasteiger partial charge in [0, 0.05) is 24.3 Å². The number of ether oxygens (including phenoxy) is 2. The van der Waals surface area contributed by atoms with Crippen LogP contribution in [-0.2, 0) is 4.79 Å². The Labute approximate surface area is 143 Å². The van der Waals surface area contributed by atoms with E-state index in [0.29, 0.717) is 12.2 Å². The number of amides is 1. The first-order chi connectivity index (χ1) is 11.2. The molecule has 2 rings (SSSR count). The second-order valence-corrected chi connectivity index (χ2v) is 6.89. The van der Waals surface area contributed by atoms with Gasteiger partial charge in [0.15, 0.2) is 11.5 Å². The van der Waals surface area contributed by atoms with Crippen molar-refractivity contribution in [2.24, 2.45) is 0 Å². The normalized spacial score (nSPS) is 17.3. The third kappa shape index (κ3) is 4.34. The molecule has 128 valence electrons. The summed E-state index contributed by atoms with van der Waals surface area (Å²) in [4.78, 5) is 14.6. The highest BCUT2D eigenvalue weighted by molar-refractivity contribution is 7.99. The highest BCUT2D eigenvalue weighted by atomic mass is 32.2. The Morgan fingerprint density at radius 1 is 1.26 bits per heavy atom. The minimum Gasteiger partial charge on any atom is -0.493 e. The number of thioether (sulfide) groups is 1. The monoisotopic (exact) mass is 337 g/mol. The standard InChI is InChI=1S/C18H27NO3S/c1-4-5-6-7-11-16(20)19-12-13-23-18(19)14-9-8-10-15(21-2)17(14)22-3/h8-10,18H,4-7,11-13H2,1-3H3. The summed E-state index contributed by atoms with van der Waals surface area (Å²) in [6.07, 6.45) is 5.15. The number of para-hydroxylation sites is 1. The van der Waals surface area contributed by atoms with Crippen molar-refractivity contribution in [1.29, 1.82) is 0 Å². The van der Waals surface area contributed by atoms with E-state index in [9.17, 15) is 4.79 Å². The van der Waals surface area contributed by atoms with Crippen molar-refractivity contribution < 1.29 is 14.3 Å². The summed E-state index contributed by atoms with van der Waals surface area (Å²) in [5.74, 6) is 2.66. The predicted molar refractivity (Wildman–Crippen MR) is 95.2 cm³/mol. The topological polar surface area (TPSA) is 38.8 Å². The molecule has 1 saturated heterocycles. The van der Waals surface area contributed by atoms with Gasteiger partial charge in [0.2, 0.25) is 5.91 Å². The van der Waals surface area contributed by atoms with Crippen LogP contribution in [0.3, 0.4) is 0 Å². The van der Waals surface area contributed by atoms with Crippen molar-refractivity contribution in [3.63, 3.8) is 0 Å². The zero-order chi connectivity index (χ0) is 16.7. The molecule has 1 heterocycles. The molecule has 5 heteroatoms. The smallest absolute Gasteiger partial charge is 0.223 e. The average molecular weight is 337 g/mol. The first-order valence-electron chi connectivity index (χ1n) is 8.34. The Kier molecular flexibility index (Phi) is 7.09. The van der Waals surface area contributed by atoms with Crippen molar-refractivity contribution in [2.75, 3.05) is 26.5 Å². The van der Waals surface area contributed by atoms with E-state index in [-0.39, 0.29) is 11.3 Å². The van der Waals surface area contributed by atoms with Crippen molar-refractivity contribution >= 4 is 17.7 Å². The largest absolute Gasteiger partial charge is 0.493 e. The average Bonchev–Trinajstić information content (AvgIpc) is 3.07. The molecule has 0 aliphatic carbocycles. The van der Waals surface area contributed by atoms with E-state index in [2.05, 4.69) is 6.92 Å². The number of benzene rings is 1. The zero-order valence-corrected chi connectivity index (χ0v) is 15.2. The number of hydrogen-bond donors (Lipinski definition) is 0. The van der Waals surface area contributed by atoms with Gasteiger partial charge in [0.05, 0.1) is 14.2 Å². The molecule has 1 unspecified atom stereocenters. The van der Waals surface area contributed by atoms with E-state index in [0.717, 1.165) is 36.5 Å². The zero-order valence-electron chi connectivity index (χ0n) is 14.3. The van der Waals surface area contributed by atoms with Crippen LogP contribution >= 0.6 is 11.8 Å². The number of hydrogen-bond acceptors (Lipinski definition) is 4. The molecule has 1 amide bonds. The number of carbonyl (C=O) groups is 1. The van der Waals surface area contributed by atoms with Crippen LogP contribution in [-0.4, -0.2) is 37.3 Å². The molecule has 0 bridgehead atoms.